The van der Waals surface area contributed by atoms with E-state index in [1.807, 2.05) is 18.2 Å². The van der Waals surface area contributed by atoms with Gasteiger partial charge in [-0.3, -0.25) is 0 Å². The van der Waals surface area contributed by atoms with E-state index in [-0.39, 0.29) is 11.2 Å². The second-order valence-electron chi connectivity index (χ2n) is 6.71. The Labute approximate surface area is 136 Å². The Balaban J connectivity index is 2.02. The molecule has 0 bridgehead atoms. The van der Waals surface area contributed by atoms with E-state index >= 15 is 0 Å². The maximum Gasteiger partial charge on any atom is 0.226 e. The van der Waals surface area contributed by atoms with Gasteiger partial charge in [0.1, 0.15) is 11.6 Å². The Morgan fingerprint density at radius 3 is 2.22 bits per heavy atom. The van der Waals surface area contributed by atoms with Crippen LogP contribution in [0.3, 0.4) is 0 Å². The summed E-state index contributed by atoms with van der Waals surface area (Å²) < 4.78 is 19.2. The minimum atomic E-state index is -0.263. The van der Waals surface area contributed by atoms with Crippen molar-refractivity contribution in [2.75, 3.05) is 0 Å². The lowest BCUT2D eigenvalue weighted by atomic mass is 9.89. The molecule has 0 unspecified atom stereocenters. The van der Waals surface area contributed by atoms with Crippen molar-refractivity contribution in [3.63, 3.8) is 0 Å². The lowest BCUT2D eigenvalue weighted by molar-refractivity contribution is 0.503. The maximum absolute atomic E-state index is 13.1. The summed E-state index contributed by atoms with van der Waals surface area (Å²) in [7, 11) is 0. The topological polar surface area (TPSA) is 26.0 Å². The number of halogens is 1. The van der Waals surface area contributed by atoms with E-state index < -0.39 is 0 Å². The lowest BCUT2D eigenvalue weighted by Crippen LogP contribution is -2.14. The highest BCUT2D eigenvalue weighted by Crippen LogP contribution is 2.31. The van der Waals surface area contributed by atoms with Crippen LogP contribution in [0.25, 0.3) is 11.5 Å². The number of hydrogen-bond donors (Lipinski definition) is 0. The fourth-order valence-electron chi connectivity index (χ4n) is 2.55. The third-order valence-corrected chi connectivity index (χ3v) is 3.71. The molecule has 0 aliphatic carbocycles. The van der Waals surface area contributed by atoms with Crippen LogP contribution in [0.1, 0.15) is 37.8 Å². The first-order chi connectivity index (χ1) is 10.9. The summed E-state index contributed by atoms with van der Waals surface area (Å²) in [6.45, 7) is 6.36. The highest BCUT2D eigenvalue weighted by molar-refractivity contribution is 5.54. The van der Waals surface area contributed by atoms with Crippen LogP contribution in [0.15, 0.2) is 59.0 Å². The van der Waals surface area contributed by atoms with Crippen molar-refractivity contribution in [1.29, 1.82) is 0 Å². The summed E-state index contributed by atoms with van der Waals surface area (Å²) >= 11 is 0. The summed E-state index contributed by atoms with van der Waals surface area (Å²) in [6, 6.07) is 16.4. The normalized spacial score (nSPS) is 11.7. The van der Waals surface area contributed by atoms with Crippen LogP contribution in [-0.2, 0) is 11.8 Å². The highest BCUT2D eigenvalue weighted by Gasteiger charge is 2.25. The zero-order valence-electron chi connectivity index (χ0n) is 13.6. The zero-order valence-corrected chi connectivity index (χ0v) is 13.6. The molecule has 0 saturated heterocycles. The summed E-state index contributed by atoms with van der Waals surface area (Å²) in [5.41, 5.74) is 2.79. The zero-order chi connectivity index (χ0) is 16.4. The van der Waals surface area contributed by atoms with E-state index in [4.69, 9.17) is 4.42 Å². The predicted octanol–water partition coefficient (Wildman–Crippen LogP) is 5.37. The molecule has 0 saturated carbocycles. The van der Waals surface area contributed by atoms with Crippen molar-refractivity contribution in [3.05, 3.63) is 77.4 Å². The Morgan fingerprint density at radius 2 is 1.61 bits per heavy atom. The van der Waals surface area contributed by atoms with Crippen molar-refractivity contribution < 1.29 is 8.81 Å². The van der Waals surface area contributed by atoms with Crippen molar-refractivity contribution in [2.45, 2.75) is 32.6 Å². The van der Waals surface area contributed by atoms with Crippen molar-refractivity contribution >= 4 is 0 Å². The van der Waals surface area contributed by atoms with Crippen LogP contribution in [-0.4, -0.2) is 4.98 Å². The summed E-state index contributed by atoms with van der Waals surface area (Å²) in [5, 5.41) is 0. The second-order valence-corrected chi connectivity index (χ2v) is 6.71. The number of hydrogen-bond acceptors (Lipinski definition) is 2. The molecule has 0 amide bonds. The van der Waals surface area contributed by atoms with Crippen LogP contribution in [0.2, 0.25) is 0 Å². The fourth-order valence-corrected chi connectivity index (χ4v) is 2.55. The van der Waals surface area contributed by atoms with Crippen LogP contribution in [0.4, 0.5) is 4.39 Å². The molecule has 2 nitrogen and oxygen atoms in total. The molecule has 0 atom stereocenters. The van der Waals surface area contributed by atoms with Crippen molar-refractivity contribution in [3.8, 4) is 11.5 Å². The van der Waals surface area contributed by atoms with Gasteiger partial charge in [0.15, 0.2) is 0 Å². The summed E-state index contributed by atoms with van der Waals surface area (Å²) in [5.74, 6) is 1.14. The average molecular weight is 309 g/mol. The van der Waals surface area contributed by atoms with E-state index in [1.54, 1.807) is 12.1 Å². The highest BCUT2D eigenvalue weighted by atomic mass is 19.1. The van der Waals surface area contributed by atoms with Gasteiger partial charge in [-0.2, -0.15) is 0 Å². The lowest BCUT2D eigenvalue weighted by Gasteiger charge is -2.16. The SMILES string of the molecule is CC(C)(C)c1nc(-c2ccc(F)cc2)oc1Cc1ccccc1. The first-order valence-corrected chi connectivity index (χ1v) is 7.73. The van der Waals surface area contributed by atoms with Gasteiger partial charge in [-0.15, -0.1) is 0 Å². The third kappa shape index (κ3) is 3.50. The molecule has 3 rings (SSSR count). The third-order valence-electron chi connectivity index (χ3n) is 3.71. The Hall–Kier alpha value is -2.42. The van der Waals surface area contributed by atoms with Crippen LogP contribution in [0, 0.1) is 5.82 Å². The van der Waals surface area contributed by atoms with Gasteiger partial charge in [-0.25, -0.2) is 9.37 Å². The number of aromatic nitrogens is 1. The van der Waals surface area contributed by atoms with Crippen molar-refractivity contribution in [2.24, 2.45) is 0 Å². The van der Waals surface area contributed by atoms with Gasteiger partial charge >= 0.3 is 0 Å². The van der Waals surface area contributed by atoms with Gasteiger partial charge in [-0.05, 0) is 29.8 Å². The van der Waals surface area contributed by atoms with E-state index in [1.165, 1.54) is 17.7 Å². The second kappa shape index (κ2) is 5.99. The van der Waals surface area contributed by atoms with Gasteiger partial charge in [0.25, 0.3) is 0 Å². The smallest absolute Gasteiger partial charge is 0.226 e. The van der Waals surface area contributed by atoms with Gasteiger partial charge in [-0.1, -0.05) is 51.1 Å². The van der Waals surface area contributed by atoms with Gasteiger partial charge in [0, 0.05) is 17.4 Å². The molecular weight excluding hydrogens is 289 g/mol. The number of benzene rings is 2. The average Bonchev–Trinajstić information content (AvgIpc) is 2.93. The Kier molecular flexibility index (Phi) is 4.03. The minimum absolute atomic E-state index is 0.119. The number of nitrogens with zero attached hydrogens (tertiary/aromatic N) is 1. The van der Waals surface area contributed by atoms with E-state index in [9.17, 15) is 4.39 Å². The molecule has 1 aromatic heterocycles. The van der Waals surface area contributed by atoms with E-state index in [2.05, 4.69) is 37.9 Å². The molecule has 0 N–H and O–H groups in total. The fraction of sp³-hybridized carbons (Fsp3) is 0.250. The molecule has 0 fully saturated rings. The van der Waals surface area contributed by atoms with Gasteiger partial charge < -0.3 is 4.42 Å². The number of oxazole rings is 1. The van der Waals surface area contributed by atoms with Gasteiger partial charge in [0.2, 0.25) is 5.89 Å². The summed E-state index contributed by atoms with van der Waals surface area (Å²) in [6.07, 6.45) is 0.696. The summed E-state index contributed by atoms with van der Waals surface area (Å²) in [4.78, 5) is 4.69. The molecule has 1 heterocycles. The molecule has 3 aromatic rings. The molecule has 0 aliphatic heterocycles. The molecule has 23 heavy (non-hydrogen) atoms. The maximum atomic E-state index is 13.1. The van der Waals surface area contributed by atoms with Crippen molar-refractivity contribution in [1.82, 2.24) is 4.98 Å². The largest absolute Gasteiger partial charge is 0.441 e. The van der Waals surface area contributed by atoms with Crippen LogP contribution < -0.4 is 0 Å². The quantitative estimate of drug-likeness (QED) is 0.650. The standard InChI is InChI=1S/C20H20FNO/c1-20(2,3)18-17(13-14-7-5-4-6-8-14)23-19(22-18)15-9-11-16(21)12-10-15/h4-12H,13H2,1-3H3. The number of rotatable bonds is 3. The predicted molar refractivity (Wildman–Crippen MR) is 89.8 cm³/mol. The Morgan fingerprint density at radius 1 is 0.957 bits per heavy atom. The minimum Gasteiger partial charge on any atom is -0.441 e. The Bertz CT molecular complexity index is 783. The molecule has 3 heteroatoms. The molecule has 0 radical (unpaired) electrons. The van der Waals surface area contributed by atoms with Gasteiger partial charge in [0.05, 0.1) is 5.69 Å². The molecule has 2 aromatic carbocycles. The molecule has 0 spiro atoms. The van der Waals surface area contributed by atoms with E-state index in [0.717, 1.165) is 17.0 Å². The van der Waals surface area contributed by atoms with Crippen LogP contribution >= 0.6 is 0 Å². The molecule has 0 aliphatic rings. The molecule has 118 valence electrons. The first kappa shape index (κ1) is 15.5. The van der Waals surface area contributed by atoms with E-state index in [0.29, 0.717) is 12.3 Å². The first-order valence-electron chi connectivity index (χ1n) is 7.73. The monoisotopic (exact) mass is 309 g/mol. The van der Waals surface area contributed by atoms with Crippen LogP contribution in [0.5, 0.6) is 0 Å². The molecular formula is C20H20FNO.